The van der Waals surface area contributed by atoms with Crippen LogP contribution in [0.1, 0.15) is 45.0 Å². The van der Waals surface area contributed by atoms with Crippen LogP contribution in [0, 0.1) is 5.41 Å². The van der Waals surface area contributed by atoms with E-state index in [1.165, 1.54) is 19.3 Å². The fourth-order valence-electron chi connectivity index (χ4n) is 3.43. The molecule has 0 radical (unpaired) electrons. The summed E-state index contributed by atoms with van der Waals surface area (Å²) in [6.45, 7) is 4.68. The van der Waals surface area contributed by atoms with E-state index in [2.05, 4.69) is 24.5 Å². The maximum atomic E-state index is 6.12. The Balaban J connectivity index is 2.14. The highest BCUT2D eigenvalue weighted by molar-refractivity contribution is 6.16. The van der Waals surface area contributed by atoms with Crippen molar-refractivity contribution in [3.63, 3.8) is 0 Å². The maximum absolute atomic E-state index is 6.12. The van der Waals surface area contributed by atoms with E-state index < -0.39 is 0 Å². The molecule has 3 nitrogen and oxygen atoms in total. The summed E-state index contributed by atoms with van der Waals surface area (Å²) in [6.07, 6.45) is 3.63. The van der Waals surface area contributed by atoms with E-state index >= 15 is 0 Å². The first-order valence-corrected chi connectivity index (χ1v) is 7.69. The zero-order valence-corrected chi connectivity index (χ0v) is 13.1. The summed E-state index contributed by atoms with van der Waals surface area (Å²) in [5.41, 5.74) is 2.47. The summed E-state index contributed by atoms with van der Waals surface area (Å²) in [4.78, 5) is 4.70. The molecule has 1 aliphatic rings. The van der Waals surface area contributed by atoms with Crippen LogP contribution in [0.3, 0.4) is 0 Å². The molecule has 1 aliphatic carbocycles. The Morgan fingerprint density at radius 2 is 2.25 bits per heavy atom. The van der Waals surface area contributed by atoms with Crippen molar-refractivity contribution in [3.05, 3.63) is 24.0 Å². The van der Waals surface area contributed by atoms with Gasteiger partial charge in [0.15, 0.2) is 0 Å². The lowest BCUT2D eigenvalue weighted by Crippen LogP contribution is -2.11. The van der Waals surface area contributed by atoms with Gasteiger partial charge in [-0.1, -0.05) is 19.9 Å². The lowest BCUT2D eigenvalue weighted by molar-refractivity contribution is 0.359. The topological polar surface area (TPSA) is 27.1 Å². The molecule has 1 unspecified atom stereocenters. The van der Waals surface area contributed by atoms with E-state index in [1.807, 2.05) is 12.1 Å². The number of hydrogen-bond donors (Lipinski definition) is 0. The first-order chi connectivity index (χ1) is 9.55. The van der Waals surface area contributed by atoms with Crippen LogP contribution in [-0.2, 0) is 5.88 Å². The van der Waals surface area contributed by atoms with Gasteiger partial charge in [-0.3, -0.25) is 0 Å². The van der Waals surface area contributed by atoms with Gasteiger partial charge in [-0.25, -0.2) is 4.98 Å². The number of imidazole rings is 1. The summed E-state index contributed by atoms with van der Waals surface area (Å²) in [6, 6.07) is 6.59. The minimum Gasteiger partial charge on any atom is -0.494 e. The van der Waals surface area contributed by atoms with Crippen LogP contribution < -0.4 is 4.74 Å². The molecular weight excluding hydrogens is 272 g/mol. The average Bonchev–Trinajstić information content (AvgIpc) is 2.97. The van der Waals surface area contributed by atoms with E-state index in [0.717, 1.165) is 22.6 Å². The van der Waals surface area contributed by atoms with E-state index in [9.17, 15) is 0 Å². The van der Waals surface area contributed by atoms with Crippen molar-refractivity contribution in [2.75, 3.05) is 7.11 Å². The third-order valence-electron chi connectivity index (χ3n) is 4.40. The van der Waals surface area contributed by atoms with Gasteiger partial charge in [0.25, 0.3) is 0 Å². The highest BCUT2D eigenvalue weighted by Crippen LogP contribution is 2.45. The van der Waals surface area contributed by atoms with Crippen LogP contribution in [0.5, 0.6) is 5.75 Å². The predicted octanol–water partition coefficient (Wildman–Crippen LogP) is 4.53. The van der Waals surface area contributed by atoms with Crippen LogP contribution >= 0.6 is 11.6 Å². The van der Waals surface area contributed by atoms with Gasteiger partial charge < -0.3 is 9.30 Å². The van der Waals surface area contributed by atoms with Crippen molar-refractivity contribution >= 4 is 22.6 Å². The molecule has 3 rings (SSSR count). The lowest BCUT2D eigenvalue weighted by atomic mass is 9.92. The number of alkyl halides is 1. The van der Waals surface area contributed by atoms with E-state index in [4.69, 9.17) is 21.3 Å². The van der Waals surface area contributed by atoms with Crippen LogP contribution in [0.4, 0.5) is 0 Å². The highest BCUT2D eigenvalue weighted by Gasteiger charge is 2.33. The number of aromatic nitrogens is 2. The third-order valence-corrected chi connectivity index (χ3v) is 4.64. The molecule has 1 fully saturated rings. The molecule has 2 aromatic rings. The van der Waals surface area contributed by atoms with Crippen molar-refractivity contribution in [3.8, 4) is 5.75 Å². The molecule has 0 spiro atoms. The highest BCUT2D eigenvalue weighted by atomic mass is 35.5. The second-order valence-corrected chi connectivity index (χ2v) is 6.69. The largest absolute Gasteiger partial charge is 0.494 e. The first-order valence-electron chi connectivity index (χ1n) is 7.15. The van der Waals surface area contributed by atoms with Crippen LogP contribution in [0.15, 0.2) is 18.2 Å². The quantitative estimate of drug-likeness (QED) is 0.777. The predicted molar refractivity (Wildman–Crippen MR) is 82.5 cm³/mol. The van der Waals surface area contributed by atoms with E-state index in [-0.39, 0.29) is 0 Å². The third kappa shape index (κ3) is 2.18. The van der Waals surface area contributed by atoms with Crippen molar-refractivity contribution in [1.82, 2.24) is 9.55 Å². The Kier molecular flexibility index (Phi) is 3.41. The van der Waals surface area contributed by atoms with Gasteiger partial charge in [0.1, 0.15) is 17.1 Å². The molecule has 0 N–H and O–H groups in total. The number of halogens is 1. The summed E-state index contributed by atoms with van der Waals surface area (Å²) in [5, 5.41) is 0. The number of fused-ring (bicyclic) bond motifs is 1. The molecule has 108 valence electrons. The van der Waals surface area contributed by atoms with Crippen molar-refractivity contribution < 1.29 is 4.74 Å². The van der Waals surface area contributed by atoms with Crippen molar-refractivity contribution in [1.29, 1.82) is 0 Å². The summed E-state index contributed by atoms with van der Waals surface area (Å²) < 4.78 is 7.76. The van der Waals surface area contributed by atoms with E-state index in [0.29, 0.717) is 17.3 Å². The standard InChI is InChI=1S/C16H21ClN2O/c1-16(2)8-7-11(9-16)19-12-5-4-6-13(20-3)15(12)18-14(19)10-17/h4-6,11H,7-10H2,1-3H3. The molecule has 1 aromatic heterocycles. The van der Waals surface area contributed by atoms with Gasteiger partial charge in [0, 0.05) is 6.04 Å². The Hall–Kier alpha value is -1.22. The second-order valence-electron chi connectivity index (χ2n) is 6.42. The van der Waals surface area contributed by atoms with Crippen LogP contribution in [0.2, 0.25) is 0 Å². The Morgan fingerprint density at radius 1 is 1.45 bits per heavy atom. The maximum Gasteiger partial charge on any atom is 0.146 e. The molecule has 4 heteroatoms. The van der Waals surface area contributed by atoms with Gasteiger partial charge in [-0.2, -0.15) is 0 Å². The van der Waals surface area contributed by atoms with Gasteiger partial charge in [0.05, 0.1) is 18.5 Å². The zero-order valence-electron chi connectivity index (χ0n) is 12.3. The number of ether oxygens (including phenoxy) is 1. The minimum absolute atomic E-state index is 0.406. The van der Waals surface area contributed by atoms with Gasteiger partial charge in [-0.05, 0) is 36.8 Å². The number of para-hydroxylation sites is 1. The fourth-order valence-corrected chi connectivity index (χ4v) is 3.61. The van der Waals surface area contributed by atoms with Crippen molar-refractivity contribution in [2.24, 2.45) is 5.41 Å². The monoisotopic (exact) mass is 292 g/mol. The van der Waals surface area contributed by atoms with Gasteiger partial charge in [0.2, 0.25) is 0 Å². The normalized spacial score (nSPS) is 21.5. The SMILES string of the molecule is COc1cccc2c1nc(CCl)n2C1CCC(C)(C)C1. The van der Waals surface area contributed by atoms with E-state index in [1.54, 1.807) is 7.11 Å². The number of rotatable bonds is 3. The molecule has 1 heterocycles. The van der Waals surface area contributed by atoms with Crippen LogP contribution in [0.25, 0.3) is 11.0 Å². The fraction of sp³-hybridized carbons (Fsp3) is 0.562. The molecule has 0 amide bonds. The second kappa shape index (κ2) is 4.96. The number of hydrogen-bond acceptors (Lipinski definition) is 2. The Labute approximate surface area is 124 Å². The molecule has 20 heavy (non-hydrogen) atoms. The summed E-state index contributed by atoms with van der Waals surface area (Å²) in [7, 11) is 1.69. The zero-order chi connectivity index (χ0) is 14.3. The number of benzene rings is 1. The van der Waals surface area contributed by atoms with Gasteiger partial charge >= 0.3 is 0 Å². The summed E-state index contributed by atoms with van der Waals surface area (Å²) >= 11 is 6.12. The molecule has 1 aromatic carbocycles. The van der Waals surface area contributed by atoms with Gasteiger partial charge in [-0.15, -0.1) is 11.6 Å². The smallest absolute Gasteiger partial charge is 0.146 e. The molecule has 1 saturated carbocycles. The minimum atomic E-state index is 0.406. The molecular formula is C16H21ClN2O. The molecule has 1 atom stereocenters. The van der Waals surface area contributed by atoms with Crippen LogP contribution in [-0.4, -0.2) is 16.7 Å². The molecule has 0 bridgehead atoms. The lowest BCUT2D eigenvalue weighted by Gasteiger charge is -2.19. The Bertz CT molecular complexity index is 633. The van der Waals surface area contributed by atoms with Crippen molar-refractivity contribution in [2.45, 2.75) is 45.0 Å². The Morgan fingerprint density at radius 3 is 2.85 bits per heavy atom. The molecule has 0 saturated heterocycles. The first kappa shape index (κ1) is 13.7. The summed E-state index contributed by atoms with van der Waals surface area (Å²) in [5.74, 6) is 2.22. The average molecular weight is 293 g/mol. The molecule has 0 aliphatic heterocycles. The number of nitrogens with zero attached hydrogens (tertiary/aromatic N) is 2. The number of methoxy groups -OCH3 is 1.